The predicted molar refractivity (Wildman–Crippen MR) is 119 cm³/mol. The van der Waals surface area contributed by atoms with Gasteiger partial charge in [0.15, 0.2) is 5.82 Å². The fourth-order valence-corrected chi connectivity index (χ4v) is 4.96. The summed E-state index contributed by atoms with van der Waals surface area (Å²) < 4.78 is 10.4. The largest absolute Gasteiger partial charge is 0.379 e. The Bertz CT molecular complexity index is 1180. The maximum atomic E-state index is 5.97. The molecule has 4 aromatic rings. The Morgan fingerprint density at radius 1 is 1.10 bits per heavy atom. The van der Waals surface area contributed by atoms with Gasteiger partial charge >= 0.3 is 0 Å². The number of ether oxygens (including phenoxy) is 1. The molecule has 0 unspecified atom stereocenters. The summed E-state index contributed by atoms with van der Waals surface area (Å²) in [5.74, 6) is 1.31. The lowest BCUT2D eigenvalue weighted by atomic mass is 9.93. The number of pyridine rings is 1. The minimum Gasteiger partial charge on any atom is -0.379 e. The lowest BCUT2D eigenvalue weighted by Crippen LogP contribution is -2.20. The van der Waals surface area contributed by atoms with E-state index in [1.54, 1.807) is 0 Å². The minimum atomic E-state index is 0.240. The summed E-state index contributed by atoms with van der Waals surface area (Å²) in [5.41, 5.74) is 4.55. The van der Waals surface area contributed by atoms with Crippen molar-refractivity contribution in [1.29, 1.82) is 0 Å². The highest BCUT2D eigenvalue weighted by molar-refractivity contribution is 5.81. The number of aromatic nitrogens is 5. The van der Waals surface area contributed by atoms with Gasteiger partial charge in [-0.25, -0.2) is 4.98 Å². The van der Waals surface area contributed by atoms with E-state index in [4.69, 9.17) is 14.8 Å². The molecule has 0 radical (unpaired) electrons. The first-order valence-corrected chi connectivity index (χ1v) is 11.1. The van der Waals surface area contributed by atoms with Crippen molar-refractivity contribution in [2.24, 2.45) is 5.92 Å². The minimum absolute atomic E-state index is 0.240. The molecule has 3 aromatic heterocycles. The number of imidazole rings is 1. The number of nitrogens with one attached hydrogen (secondary N) is 1. The van der Waals surface area contributed by atoms with Crippen LogP contribution in [0.25, 0.3) is 22.4 Å². The van der Waals surface area contributed by atoms with Gasteiger partial charge in [-0.1, -0.05) is 18.2 Å². The molecule has 7 nitrogen and oxygen atoms in total. The Morgan fingerprint density at radius 2 is 2.06 bits per heavy atom. The van der Waals surface area contributed by atoms with E-state index in [2.05, 4.69) is 56.1 Å². The van der Waals surface area contributed by atoms with Gasteiger partial charge < -0.3 is 14.6 Å². The Labute approximate surface area is 181 Å². The van der Waals surface area contributed by atoms with E-state index < -0.39 is 0 Å². The van der Waals surface area contributed by atoms with Crippen LogP contribution in [0.15, 0.2) is 55.0 Å². The first kappa shape index (κ1) is 18.7. The molecule has 7 heteroatoms. The molecule has 31 heavy (non-hydrogen) atoms. The van der Waals surface area contributed by atoms with E-state index in [1.807, 2.05) is 18.5 Å². The molecular weight excluding hydrogens is 388 g/mol. The van der Waals surface area contributed by atoms with E-state index in [1.165, 1.54) is 16.6 Å². The van der Waals surface area contributed by atoms with Crippen LogP contribution in [0.2, 0.25) is 0 Å². The zero-order valence-corrected chi connectivity index (χ0v) is 17.4. The predicted octanol–water partition coefficient (Wildman–Crippen LogP) is 3.22. The van der Waals surface area contributed by atoms with Crippen LogP contribution in [-0.4, -0.2) is 44.1 Å². The van der Waals surface area contributed by atoms with Crippen LogP contribution in [0.3, 0.4) is 0 Å². The molecule has 1 aromatic carbocycles. The van der Waals surface area contributed by atoms with Gasteiger partial charge in [-0.05, 0) is 43.1 Å². The number of nitrogens with zero attached hydrogens (tertiary/aromatic N) is 5. The van der Waals surface area contributed by atoms with Gasteiger partial charge in [-0.15, -0.1) is 0 Å². The van der Waals surface area contributed by atoms with Gasteiger partial charge in [0.2, 0.25) is 0 Å². The van der Waals surface area contributed by atoms with Gasteiger partial charge in [0.25, 0.3) is 0 Å². The first-order chi connectivity index (χ1) is 15.4. The first-order valence-electron chi connectivity index (χ1n) is 11.1. The van der Waals surface area contributed by atoms with E-state index >= 15 is 0 Å². The second kappa shape index (κ2) is 7.90. The van der Waals surface area contributed by atoms with Crippen molar-refractivity contribution >= 4 is 10.9 Å². The number of rotatable bonds is 4. The zero-order chi connectivity index (χ0) is 20.6. The van der Waals surface area contributed by atoms with Gasteiger partial charge in [-0.3, -0.25) is 9.67 Å². The van der Waals surface area contributed by atoms with Crippen LogP contribution >= 0.6 is 0 Å². The highest BCUT2D eigenvalue weighted by Crippen LogP contribution is 2.33. The zero-order valence-electron chi connectivity index (χ0n) is 17.4. The van der Waals surface area contributed by atoms with E-state index in [9.17, 15) is 0 Å². The Hall–Kier alpha value is -3.03. The lowest BCUT2D eigenvalue weighted by Gasteiger charge is -2.21. The SMILES string of the molecule is c1ccc2c(C[C@H]3COC[C@H]3n3ccnc3-c3cc4n(n3)CCCNC4)ccnc2c1. The Balaban J connectivity index is 1.31. The summed E-state index contributed by atoms with van der Waals surface area (Å²) in [6.45, 7) is 4.30. The third kappa shape index (κ3) is 3.43. The molecule has 2 aliphatic rings. The second-order valence-corrected chi connectivity index (χ2v) is 8.49. The molecular formula is C24H26N6O. The maximum absolute atomic E-state index is 5.97. The molecule has 0 aliphatic carbocycles. The van der Waals surface area contributed by atoms with Gasteiger partial charge in [0.05, 0.1) is 30.5 Å². The van der Waals surface area contributed by atoms with Crippen LogP contribution in [0.1, 0.15) is 23.7 Å². The molecule has 0 spiro atoms. The standard InChI is InChI=1S/C24H26N6O/c1-2-5-21-20(4-1)17(6-8-26-21)12-18-15-31-16-23(18)29-11-9-27-24(29)22-13-19-14-25-7-3-10-30(19)28-22/h1-2,4-6,8-9,11,13,18,23,25H,3,7,10,12,14-16H2/t18-,23+/m0/s1. The third-order valence-electron chi connectivity index (χ3n) is 6.53. The molecule has 158 valence electrons. The van der Waals surface area contributed by atoms with E-state index in [0.717, 1.165) is 56.1 Å². The molecule has 2 aliphatic heterocycles. The highest BCUT2D eigenvalue weighted by Gasteiger charge is 2.32. The third-order valence-corrected chi connectivity index (χ3v) is 6.53. The summed E-state index contributed by atoms with van der Waals surface area (Å²) in [7, 11) is 0. The van der Waals surface area contributed by atoms with Crippen LogP contribution < -0.4 is 5.32 Å². The molecule has 1 N–H and O–H groups in total. The second-order valence-electron chi connectivity index (χ2n) is 8.49. The van der Waals surface area contributed by atoms with Crippen molar-refractivity contribution in [2.75, 3.05) is 19.8 Å². The fourth-order valence-electron chi connectivity index (χ4n) is 4.96. The summed E-state index contributed by atoms with van der Waals surface area (Å²) in [6.07, 6.45) is 7.93. The number of para-hydroxylation sites is 1. The lowest BCUT2D eigenvalue weighted by molar-refractivity contribution is 0.181. The number of hydrogen-bond acceptors (Lipinski definition) is 5. The van der Waals surface area contributed by atoms with Crippen molar-refractivity contribution in [3.8, 4) is 11.5 Å². The van der Waals surface area contributed by atoms with Crippen molar-refractivity contribution in [3.05, 3.63) is 66.2 Å². The van der Waals surface area contributed by atoms with E-state index in [0.29, 0.717) is 12.5 Å². The van der Waals surface area contributed by atoms with Crippen LogP contribution in [0.5, 0.6) is 0 Å². The molecule has 0 amide bonds. The fraction of sp³-hybridized carbons (Fsp3) is 0.375. The molecule has 0 bridgehead atoms. The molecule has 0 saturated carbocycles. The topological polar surface area (TPSA) is 69.8 Å². The number of hydrogen-bond donors (Lipinski definition) is 1. The summed E-state index contributed by atoms with van der Waals surface area (Å²) in [6, 6.07) is 12.9. The summed E-state index contributed by atoms with van der Waals surface area (Å²) in [4.78, 5) is 9.21. The van der Waals surface area contributed by atoms with Gasteiger partial charge in [0, 0.05) is 43.0 Å². The van der Waals surface area contributed by atoms with Crippen LogP contribution in [0, 0.1) is 5.92 Å². The summed E-state index contributed by atoms with van der Waals surface area (Å²) >= 11 is 0. The van der Waals surface area contributed by atoms with Crippen molar-refractivity contribution in [3.63, 3.8) is 0 Å². The molecule has 6 rings (SSSR count). The van der Waals surface area contributed by atoms with Crippen LogP contribution in [0.4, 0.5) is 0 Å². The van der Waals surface area contributed by atoms with Gasteiger partial charge in [0.1, 0.15) is 5.69 Å². The average Bonchev–Trinajstić information content (AvgIpc) is 3.51. The normalized spacial score (nSPS) is 21.3. The number of fused-ring (bicyclic) bond motifs is 2. The summed E-state index contributed by atoms with van der Waals surface area (Å²) in [5, 5.41) is 9.58. The molecule has 1 saturated heterocycles. The number of aryl methyl sites for hydroxylation is 1. The average molecular weight is 415 g/mol. The van der Waals surface area contributed by atoms with Gasteiger partial charge in [-0.2, -0.15) is 5.10 Å². The van der Waals surface area contributed by atoms with E-state index in [-0.39, 0.29) is 6.04 Å². The smallest absolute Gasteiger partial charge is 0.160 e. The Morgan fingerprint density at radius 3 is 3.06 bits per heavy atom. The van der Waals surface area contributed by atoms with Crippen molar-refractivity contribution in [2.45, 2.75) is 32.0 Å². The monoisotopic (exact) mass is 414 g/mol. The molecule has 5 heterocycles. The Kier molecular flexibility index (Phi) is 4.77. The quantitative estimate of drug-likeness (QED) is 0.555. The highest BCUT2D eigenvalue weighted by atomic mass is 16.5. The molecule has 2 atom stereocenters. The van der Waals surface area contributed by atoms with Crippen molar-refractivity contribution in [1.82, 2.24) is 29.6 Å². The maximum Gasteiger partial charge on any atom is 0.160 e. The molecule has 1 fully saturated rings. The van der Waals surface area contributed by atoms with Crippen LogP contribution in [-0.2, 0) is 24.2 Å². The number of benzene rings is 1. The van der Waals surface area contributed by atoms with Crippen molar-refractivity contribution < 1.29 is 4.74 Å².